The van der Waals surface area contributed by atoms with Crippen LogP contribution in [0.3, 0.4) is 0 Å². The molecule has 1 unspecified atom stereocenters. The largest absolute Gasteiger partial charge is 0.480 e. The Morgan fingerprint density at radius 3 is 2.55 bits per heavy atom. The summed E-state index contributed by atoms with van der Waals surface area (Å²) in [4.78, 5) is 38.1. The molecule has 2 fully saturated rings. The van der Waals surface area contributed by atoms with Gasteiger partial charge in [0.25, 0.3) is 0 Å². The Labute approximate surface area is 117 Å². The van der Waals surface area contributed by atoms with E-state index in [2.05, 4.69) is 5.32 Å². The summed E-state index contributed by atoms with van der Waals surface area (Å²) in [5.74, 6) is -1.08. The number of nitrogens with zero attached hydrogens (tertiary/aromatic N) is 2. The number of carbonyl (C=O) groups excluding carboxylic acids is 2. The van der Waals surface area contributed by atoms with Gasteiger partial charge in [-0.25, -0.2) is 4.79 Å². The monoisotopic (exact) mass is 283 g/mol. The number of carboxylic acids is 1. The van der Waals surface area contributed by atoms with Crippen molar-refractivity contribution in [2.24, 2.45) is 5.41 Å². The minimum absolute atomic E-state index is 0.0467. The fourth-order valence-corrected chi connectivity index (χ4v) is 2.68. The highest BCUT2D eigenvalue weighted by atomic mass is 16.4. The zero-order valence-electron chi connectivity index (χ0n) is 11.9. The summed E-state index contributed by atoms with van der Waals surface area (Å²) in [6.45, 7) is 2.40. The summed E-state index contributed by atoms with van der Waals surface area (Å²) in [7, 11) is 1.58. The SMILES string of the molecule is CNC(=O)C1(C)CCN(C(=O)N(CC(=O)O)C2CC2)C1. The average Bonchev–Trinajstić information content (AvgIpc) is 3.16. The number of carbonyl (C=O) groups is 3. The highest BCUT2D eigenvalue weighted by molar-refractivity contribution is 5.85. The molecule has 1 saturated heterocycles. The van der Waals surface area contributed by atoms with Crippen molar-refractivity contribution in [2.75, 3.05) is 26.7 Å². The Hall–Kier alpha value is -1.79. The number of hydrogen-bond donors (Lipinski definition) is 2. The molecule has 2 N–H and O–H groups in total. The molecule has 1 aliphatic heterocycles. The number of likely N-dealkylation sites (tertiary alicyclic amines) is 1. The van der Waals surface area contributed by atoms with Gasteiger partial charge in [-0.3, -0.25) is 9.59 Å². The molecule has 0 spiro atoms. The molecule has 0 aromatic carbocycles. The van der Waals surface area contributed by atoms with Crippen molar-refractivity contribution in [2.45, 2.75) is 32.2 Å². The Morgan fingerprint density at radius 2 is 2.05 bits per heavy atom. The van der Waals surface area contributed by atoms with Crippen LogP contribution < -0.4 is 5.32 Å². The highest BCUT2D eigenvalue weighted by Gasteiger charge is 2.44. The van der Waals surface area contributed by atoms with E-state index in [1.807, 2.05) is 6.92 Å². The molecule has 1 saturated carbocycles. The minimum atomic E-state index is -1.00. The average molecular weight is 283 g/mol. The number of nitrogens with one attached hydrogen (secondary N) is 1. The molecule has 112 valence electrons. The van der Waals surface area contributed by atoms with Crippen LogP contribution in [0.25, 0.3) is 0 Å². The van der Waals surface area contributed by atoms with Gasteiger partial charge in [-0.1, -0.05) is 0 Å². The number of carboxylic acid groups (broad SMARTS) is 1. The lowest BCUT2D eigenvalue weighted by atomic mass is 9.89. The van der Waals surface area contributed by atoms with E-state index >= 15 is 0 Å². The Morgan fingerprint density at radius 1 is 1.40 bits per heavy atom. The molecule has 2 aliphatic rings. The second kappa shape index (κ2) is 5.30. The molecule has 7 nitrogen and oxygen atoms in total. The normalized spacial score (nSPS) is 25.4. The smallest absolute Gasteiger partial charge is 0.323 e. The van der Waals surface area contributed by atoms with Crippen LogP contribution in [0.1, 0.15) is 26.2 Å². The van der Waals surface area contributed by atoms with E-state index < -0.39 is 11.4 Å². The Bertz CT molecular complexity index is 435. The van der Waals surface area contributed by atoms with Gasteiger partial charge in [-0.15, -0.1) is 0 Å². The van der Waals surface area contributed by atoms with Crippen molar-refractivity contribution in [3.8, 4) is 0 Å². The molecule has 3 amide bonds. The molecule has 0 aromatic heterocycles. The predicted octanol–water partition coefficient (Wildman–Crippen LogP) is 0.113. The Kier molecular flexibility index (Phi) is 3.87. The van der Waals surface area contributed by atoms with E-state index in [-0.39, 0.29) is 24.5 Å². The lowest BCUT2D eigenvalue weighted by Gasteiger charge is -2.28. The van der Waals surface area contributed by atoms with E-state index in [0.29, 0.717) is 19.5 Å². The predicted molar refractivity (Wildman–Crippen MR) is 71.1 cm³/mol. The molecular formula is C13H21N3O4. The van der Waals surface area contributed by atoms with E-state index in [4.69, 9.17) is 5.11 Å². The number of aliphatic carboxylic acids is 1. The summed E-state index contributed by atoms with van der Waals surface area (Å²) in [6.07, 6.45) is 2.32. The molecule has 0 bridgehead atoms. The zero-order chi connectivity index (χ0) is 14.9. The van der Waals surface area contributed by atoms with Crippen LogP contribution in [0.15, 0.2) is 0 Å². The van der Waals surface area contributed by atoms with Crippen LogP contribution in [0.2, 0.25) is 0 Å². The van der Waals surface area contributed by atoms with Crippen molar-refractivity contribution < 1.29 is 19.5 Å². The van der Waals surface area contributed by atoms with Gasteiger partial charge in [0, 0.05) is 26.2 Å². The van der Waals surface area contributed by atoms with Gasteiger partial charge in [0.2, 0.25) is 5.91 Å². The summed E-state index contributed by atoms with van der Waals surface area (Å²) in [5.41, 5.74) is -0.581. The second-order valence-electron chi connectivity index (χ2n) is 5.85. The van der Waals surface area contributed by atoms with Crippen molar-refractivity contribution >= 4 is 17.9 Å². The summed E-state index contributed by atoms with van der Waals surface area (Å²) < 4.78 is 0. The van der Waals surface area contributed by atoms with E-state index in [9.17, 15) is 14.4 Å². The van der Waals surface area contributed by atoms with Gasteiger partial charge < -0.3 is 20.2 Å². The first-order valence-corrected chi connectivity index (χ1v) is 6.87. The Balaban J connectivity index is 2.02. The zero-order valence-corrected chi connectivity index (χ0v) is 11.9. The van der Waals surface area contributed by atoms with Gasteiger partial charge in [0.05, 0.1) is 5.41 Å². The fourth-order valence-electron chi connectivity index (χ4n) is 2.68. The van der Waals surface area contributed by atoms with Gasteiger partial charge in [0.15, 0.2) is 0 Å². The highest BCUT2D eigenvalue weighted by Crippen LogP contribution is 2.33. The van der Waals surface area contributed by atoms with Gasteiger partial charge in [-0.05, 0) is 26.2 Å². The molecule has 2 rings (SSSR count). The lowest BCUT2D eigenvalue weighted by Crippen LogP contribution is -2.47. The van der Waals surface area contributed by atoms with Gasteiger partial charge in [-0.2, -0.15) is 0 Å². The maximum absolute atomic E-state index is 12.4. The summed E-state index contributed by atoms with van der Waals surface area (Å²) in [5, 5.41) is 11.5. The third kappa shape index (κ3) is 2.86. The molecule has 0 aromatic rings. The van der Waals surface area contributed by atoms with E-state index in [1.54, 1.807) is 11.9 Å². The van der Waals surface area contributed by atoms with Gasteiger partial charge >= 0.3 is 12.0 Å². The van der Waals surface area contributed by atoms with Crippen LogP contribution >= 0.6 is 0 Å². The molecule has 20 heavy (non-hydrogen) atoms. The molecule has 0 radical (unpaired) electrons. The quantitative estimate of drug-likeness (QED) is 0.766. The van der Waals surface area contributed by atoms with Crippen molar-refractivity contribution in [1.29, 1.82) is 0 Å². The van der Waals surface area contributed by atoms with E-state index in [0.717, 1.165) is 12.8 Å². The van der Waals surface area contributed by atoms with Crippen LogP contribution in [0.5, 0.6) is 0 Å². The lowest BCUT2D eigenvalue weighted by molar-refractivity contribution is -0.138. The third-order valence-electron chi connectivity index (χ3n) is 4.06. The van der Waals surface area contributed by atoms with E-state index in [1.165, 1.54) is 4.90 Å². The maximum Gasteiger partial charge on any atom is 0.323 e. The number of hydrogen-bond acceptors (Lipinski definition) is 3. The number of urea groups is 1. The molecular weight excluding hydrogens is 262 g/mol. The first-order valence-electron chi connectivity index (χ1n) is 6.87. The van der Waals surface area contributed by atoms with Crippen LogP contribution in [0, 0.1) is 5.41 Å². The van der Waals surface area contributed by atoms with Crippen molar-refractivity contribution in [1.82, 2.24) is 15.1 Å². The first-order chi connectivity index (χ1) is 9.37. The second-order valence-corrected chi connectivity index (χ2v) is 5.85. The molecule has 1 aliphatic carbocycles. The number of rotatable bonds is 4. The first kappa shape index (κ1) is 14.6. The van der Waals surface area contributed by atoms with Crippen molar-refractivity contribution in [3.63, 3.8) is 0 Å². The number of amides is 3. The molecule has 1 heterocycles. The maximum atomic E-state index is 12.4. The fraction of sp³-hybridized carbons (Fsp3) is 0.769. The summed E-state index contributed by atoms with van der Waals surface area (Å²) in [6, 6.07) is -0.215. The molecule has 7 heteroatoms. The van der Waals surface area contributed by atoms with Gasteiger partial charge in [0.1, 0.15) is 6.54 Å². The minimum Gasteiger partial charge on any atom is -0.480 e. The van der Waals surface area contributed by atoms with Crippen LogP contribution in [-0.2, 0) is 9.59 Å². The molecule has 1 atom stereocenters. The summed E-state index contributed by atoms with van der Waals surface area (Å²) >= 11 is 0. The standard InChI is InChI=1S/C13H21N3O4/c1-13(11(19)14-2)5-6-15(8-13)12(20)16(7-10(17)18)9-3-4-9/h9H,3-8H2,1-2H3,(H,14,19)(H,17,18). The van der Waals surface area contributed by atoms with Crippen molar-refractivity contribution in [3.05, 3.63) is 0 Å². The topological polar surface area (TPSA) is 90.0 Å². The third-order valence-corrected chi connectivity index (χ3v) is 4.06. The van der Waals surface area contributed by atoms with Crippen LogP contribution in [-0.4, -0.2) is 65.5 Å². The van der Waals surface area contributed by atoms with Crippen LogP contribution in [0.4, 0.5) is 4.79 Å².